The maximum atomic E-state index is 14.0. The molecule has 8 nitrogen and oxygen atoms in total. The largest absolute Gasteiger partial charge is 0.480 e. The van der Waals surface area contributed by atoms with Crippen molar-refractivity contribution in [3.63, 3.8) is 0 Å². The lowest BCUT2D eigenvalue weighted by Gasteiger charge is -2.37. The molecule has 182 valence electrons. The minimum Gasteiger partial charge on any atom is -0.480 e. The number of benzene rings is 2. The Morgan fingerprint density at radius 2 is 1.68 bits per heavy atom. The summed E-state index contributed by atoms with van der Waals surface area (Å²) in [6, 6.07) is 12.1. The number of aliphatic carboxylic acids is 1. The first-order chi connectivity index (χ1) is 16.0. The number of hydrogen-bond acceptors (Lipinski definition) is 5. The molecular weight excluding hydrogens is 456 g/mol. The van der Waals surface area contributed by atoms with Gasteiger partial charge in [0.1, 0.15) is 12.1 Å². The van der Waals surface area contributed by atoms with Gasteiger partial charge in [-0.1, -0.05) is 62.4 Å². The molecule has 0 aliphatic carbocycles. The van der Waals surface area contributed by atoms with Crippen LogP contribution in [0.2, 0.25) is 0 Å². The van der Waals surface area contributed by atoms with E-state index < -0.39 is 51.5 Å². The highest BCUT2D eigenvalue weighted by molar-refractivity contribution is 7.91. The van der Waals surface area contributed by atoms with Crippen LogP contribution in [0.5, 0.6) is 0 Å². The van der Waals surface area contributed by atoms with Gasteiger partial charge in [0.25, 0.3) is 0 Å². The molecule has 3 rings (SSSR count). The van der Waals surface area contributed by atoms with E-state index >= 15 is 0 Å². The van der Waals surface area contributed by atoms with Gasteiger partial charge < -0.3 is 15.3 Å². The molecule has 2 aromatic carbocycles. The average molecular weight is 487 g/mol. The zero-order valence-corrected chi connectivity index (χ0v) is 20.3. The Bertz CT molecular complexity index is 1160. The van der Waals surface area contributed by atoms with Gasteiger partial charge in [-0.25, -0.2) is 13.2 Å². The van der Waals surface area contributed by atoms with Gasteiger partial charge in [-0.3, -0.25) is 9.59 Å². The van der Waals surface area contributed by atoms with E-state index in [9.17, 15) is 27.9 Å². The number of nitrogens with zero attached hydrogens (tertiary/aromatic N) is 1. The van der Waals surface area contributed by atoms with Crippen LogP contribution >= 0.6 is 0 Å². The Morgan fingerprint density at radius 3 is 2.26 bits per heavy atom. The summed E-state index contributed by atoms with van der Waals surface area (Å²) in [5.74, 6) is -2.76. The molecule has 2 amide bonds. The van der Waals surface area contributed by atoms with Gasteiger partial charge in [-0.05, 0) is 29.5 Å². The van der Waals surface area contributed by atoms with E-state index in [-0.39, 0.29) is 23.7 Å². The van der Waals surface area contributed by atoms with Crippen LogP contribution in [0.3, 0.4) is 0 Å². The second-order valence-electron chi connectivity index (χ2n) is 9.01. The molecule has 0 radical (unpaired) electrons. The highest BCUT2D eigenvalue weighted by atomic mass is 32.2. The number of rotatable bonds is 9. The number of fused-ring (bicyclic) bond motifs is 1. The van der Waals surface area contributed by atoms with Crippen molar-refractivity contribution in [2.45, 2.75) is 56.6 Å². The van der Waals surface area contributed by atoms with Crippen molar-refractivity contribution < 1.29 is 27.9 Å². The second-order valence-corrected chi connectivity index (χ2v) is 11.0. The van der Waals surface area contributed by atoms with Crippen molar-refractivity contribution >= 4 is 27.6 Å². The Balaban J connectivity index is 2.11. The van der Waals surface area contributed by atoms with Crippen LogP contribution in [0.15, 0.2) is 59.5 Å². The van der Waals surface area contributed by atoms with Crippen LogP contribution in [0.1, 0.15) is 44.4 Å². The molecule has 2 aromatic rings. The molecule has 0 fully saturated rings. The minimum absolute atomic E-state index is 0.0713. The molecular formula is C25H30N2O6S. The Hall–Kier alpha value is -3.20. The zero-order chi connectivity index (χ0) is 25.0. The number of nitrogens with one attached hydrogen (secondary N) is 1. The van der Waals surface area contributed by atoms with Crippen molar-refractivity contribution in [3.8, 4) is 0 Å². The summed E-state index contributed by atoms with van der Waals surface area (Å²) >= 11 is 0. The van der Waals surface area contributed by atoms with Crippen LogP contribution in [-0.2, 0) is 30.6 Å². The number of carboxylic acid groups (broad SMARTS) is 1. The molecule has 2 N–H and O–H groups in total. The molecule has 0 saturated carbocycles. The van der Waals surface area contributed by atoms with Gasteiger partial charge in [-0.15, -0.1) is 0 Å². The summed E-state index contributed by atoms with van der Waals surface area (Å²) < 4.78 is 25.8. The lowest BCUT2D eigenvalue weighted by molar-refractivity contribution is -0.154. The normalized spacial score (nSPS) is 18.1. The van der Waals surface area contributed by atoms with Crippen LogP contribution in [0.4, 0.5) is 0 Å². The maximum Gasteiger partial charge on any atom is 0.326 e. The lowest BCUT2D eigenvalue weighted by atomic mass is 9.96. The van der Waals surface area contributed by atoms with Crippen LogP contribution in [0, 0.1) is 5.92 Å². The molecule has 1 heterocycles. The first kappa shape index (κ1) is 25.4. The van der Waals surface area contributed by atoms with Gasteiger partial charge in [0.2, 0.25) is 11.8 Å². The predicted octanol–water partition coefficient (Wildman–Crippen LogP) is 2.59. The van der Waals surface area contributed by atoms with Crippen LogP contribution < -0.4 is 5.32 Å². The van der Waals surface area contributed by atoms with Crippen molar-refractivity contribution in [1.29, 1.82) is 0 Å². The standard InChI is InChI=1S/C25H30N2O6S/c1-16(2)13-21(25(30)31)27(22-15-34(32,33)23-12-8-7-11-19(22)23)24(29)20(26-17(3)28)14-18-9-5-4-6-10-18/h4-12,16,20-22H,13-15H2,1-3H3,(H,26,28)(H,30,31)/t20?,21-,22+/m0/s1. The molecule has 3 atom stereocenters. The summed E-state index contributed by atoms with van der Waals surface area (Å²) in [5.41, 5.74) is 1.18. The van der Waals surface area contributed by atoms with E-state index in [1.807, 2.05) is 32.0 Å². The fraction of sp³-hybridized carbons (Fsp3) is 0.400. The van der Waals surface area contributed by atoms with Crippen LogP contribution in [-0.4, -0.2) is 54.0 Å². The molecule has 1 unspecified atom stereocenters. The number of carboxylic acids is 1. The lowest BCUT2D eigenvalue weighted by Crippen LogP contribution is -2.56. The average Bonchev–Trinajstić information content (AvgIpc) is 3.03. The topological polar surface area (TPSA) is 121 Å². The second kappa shape index (κ2) is 10.4. The molecule has 1 aliphatic rings. The summed E-state index contributed by atoms with van der Waals surface area (Å²) in [6.07, 6.45) is 0.281. The van der Waals surface area contributed by atoms with Crippen molar-refractivity contribution in [2.75, 3.05) is 5.75 Å². The van der Waals surface area contributed by atoms with E-state index in [2.05, 4.69) is 5.32 Å². The van der Waals surface area contributed by atoms with E-state index in [4.69, 9.17) is 0 Å². The fourth-order valence-corrected chi connectivity index (χ4v) is 6.22. The molecule has 0 aromatic heterocycles. The van der Waals surface area contributed by atoms with Crippen molar-refractivity contribution in [3.05, 3.63) is 65.7 Å². The first-order valence-electron chi connectivity index (χ1n) is 11.2. The third-order valence-corrected chi connectivity index (χ3v) is 7.65. The molecule has 0 bridgehead atoms. The molecule has 1 aliphatic heterocycles. The number of carbonyl (C=O) groups is 3. The van der Waals surface area contributed by atoms with Gasteiger partial charge in [-0.2, -0.15) is 0 Å². The smallest absolute Gasteiger partial charge is 0.326 e. The van der Waals surface area contributed by atoms with Gasteiger partial charge in [0, 0.05) is 13.3 Å². The number of sulfone groups is 1. The molecule has 9 heteroatoms. The monoisotopic (exact) mass is 486 g/mol. The van der Waals surface area contributed by atoms with Crippen molar-refractivity contribution in [1.82, 2.24) is 10.2 Å². The van der Waals surface area contributed by atoms with Crippen molar-refractivity contribution in [2.24, 2.45) is 5.92 Å². The fourth-order valence-electron chi connectivity index (χ4n) is 4.44. The van der Waals surface area contributed by atoms with E-state index in [1.54, 1.807) is 30.3 Å². The summed E-state index contributed by atoms with van der Waals surface area (Å²) in [7, 11) is -3.70. The van der Waals surface area contributed by atoms with Crippen LogP contribution in [0.25, 0.3) is 0 Å². The first-order valence-corrected chi connectivity index (χ1v) is 12.8. The third-order valence-electron chi connectivity index (χ3n) is 5.85. The summed E-state index contributed by atoms with van der Waals surface area (Å²) in [4.78, 5) is 39.6. The number of hydrogen-bond donors (Lipinski definition) is 2. The SMILES string of the molecule is CC(=O)NC(Cc1ccccc1)C(=O)N([C@@H]1CS(=O)(=O)c2ccccc21)[C@@H](CC(C)C)C(=O)O. The minimum atomic E-state index is -3.70. The Morgan fingerprint density at radius 1 is 1.06 bits per heavy atom. The van der Waals surface area contributed by atoms with E-state index in [0.717, 1.165) is 5.56 Å². The zero-order valence-electron chi connectivity index (χ0n) is 19.5. The molecule has 0 spiro atoms. The maximum absolute atomic E-state index is 14.0. The van der Waals surface area contributed by atoms with E-state index in [0.29, 0.717) is 5.56 Å². The molecule has 0 saturated heterocycles. The number of amides is 2. The highest BCUT2D eigenvalue weighted by Crippen LogP contribution is 2.39. The Labute approximate surface area is 199 Å². The summed E-state index contributed by atoms with van der Waals surface area (Å²) in [5, 5.41) is 12.8. The molecule has 34 heavy (non-hydrogen) atoms. The highest BCUT2D eigenvalue weighted by Gasteiger charge is 2.46. The quantitative estimate of drug-likeness (QED) is 0.562. The van der Waals surface area contributed by atoms with Gasteiger partial charge >= 0.3 is 5.97 Å². The van der Waals surface area contributed by atoms with Gasteiger partial charge in [0.15, 0.2) is 9.84 Å². The predicted molar refractivity (Wildman–Crippen MR) is 127 cm³/mol. The van der Waals surface area contributed by atoms with E-state index in [1.165, 1.54) is 17.9 Å². The van der Waals surface area contributed by atoms with Gasteiger partial charge in [0.05, 0.1) is 16.7 Å². The Kier molecular flexibility index (Phi) is 7.76. The third kappa shape index (κ3) is 5.64. The number of carbonyl (C=O) groups excluding carboxylic acids is 2. The summed E-state index contributed by atoms with van der Waals surface area (Å²) in [6.45, 7) is 4.97.